The first-order chi connectivity index (χ1) is 10.9. The molecule has 5 nitrogen and oxygen atoms in total. The average molecular weight is 326 g/mol. The molecule has 3 rings (SSSR count). The first-order valence-electron chi connectivity index (χ1n) is 6.87. The van der Waals surface area contributed by atoms with E-state index in [1.54, 1.807) is 18.2 Å². The molecule has 0 amide bonds. The SMILES string of the molecule is CS(=O)(=O)c1nc(-c2ccccc2)cc(-c2ccc(O)cc2)n1. The fraction of sp³-hybridized carbons (Fsp3) is 0.0588. The zero-order valence-electron chi connectivity index (χ0n) is 12.3. The normalized spacial score (nSPS) is 11.3. The summed E-state index contributed by atoms with van der Waals surface area (Å²) in [5.74, 6) is 0.134. The number of hydrogen-bond donors (Lipinski definition) is 1. The van der Waals surface area contributed by atoms with Crippen molar-refractivity contribution in [1.82, 2.24) is 9.97 Å². The van der Waals surface area contributed by atoms with E-state index in [4.69, 9.17) is 0 Å². The molecular formula is C17H14N2O3S. The highest BCUT2D eigenvalue weighted by atomic mass is 32.2. The van der Waals surface area contributed by atoms with Gasteiger partial charge in [0, 0.05) is 17.4 Å². The first-order valence-corrected chi connectivity index (χ1v) is 8.76. The molecule has 0 saturated carbocycles. The lowest BCUT2D eigenvalue weighted by Gasteiger charge is -2.08. The quantitative estimate of drug-likeness (QED) is 0.749. The molecule has 0 saturated heterocycles. The van der Waals surface area contributed by atoms with E-state index in [1.165, 1.54) is 12.1 Å². The van der Waals surface area contributed by atoms with Gasteiger partial charge in [-0.25, -0.2) is 18.4 Å². The number of hydrogen-bond acceptors (Lipinski definition) is 5. The second kappa shape index (κ2) is 5.81. The molecule has 0 aliphatic rings. The van der Waals surface area contributed by atoms with Crippen LogP contribution in [0.15, 0.2) is 65.8 Å². The molecule has 3 aromatic rings. The van der Waals surface area contributed by atoms with Crippen LogP contribution in [0.25, 0.3) is 22.5 Å². The van der Waals surface area contributed by atoms with Crippen molar-refractivity contribution in [1.29, 1.82) is 0 Å². The number of phenols is 1. The van der Waals surface area contributed by atoms with Crippen molar-refractivity contribution in [2.24, 2.45) is 0 Å². The Balaban J connectivity index is 2.22. The molecule has 1 heterocycles. The molecule has 0 radical (unpaired) electrons. The summed E-state index contributed by atoms with van der Waals surface area (Å²) in [6.45, 7) is 0. The lowest BCUT2D eigenvalue weighted by molar-refractivity contribution is 0.475. The van der Waals surface area contributed by atoms with Crippen LogP contribution >= 0.6 is 0 Å². The fourth-order valence-electron chi connectivity index (χ4n) is 2.13. The zero-order chi connectivity index (χ0) is 16.4. The molecule has 2 aromatic carbocycles. The van der Waals surface area contributed by atoms with Gasteiger partial charge >= 0.3 is 0 Å². The molecule has 0 unspecified atom stereocenters. The van der Waals surface area contributed by atoms with Crippen LogP contribution in [0.4, 0.5) is 0 Å². The van der Waals surface area contributed by atoms with E-state index >= 15 is 0 Å². The minimum Gasteiger partial charge on any atom is -0.508 e. The Bertz CT molecular complexity index is 937. The molecule has 0 aliphatic carbocycles. The maximum absolute atomic E-state index is 11.9. The lowest BCUT2D eigenvalue weighted by Crippen LogP contribution is -2.06. The van der Waals surface area contributed by atoms with Crippen LogP contribution in [0.2, 0.25) is 0 Å². The highest BCUT2D eigenvalue weighted by Gasteiger charge is 2.16. The average Bonchev–Trinajstić information content (AvgIpc) is 2.55. The van der Waals surface area contributed by atoms with Crippen LogP contribution < -0.4 is 0 Å². The maximum atomic E-state index is 11.9. The minimum atomic E-state index is -3.54. The number of aromatic nitrogens is 2. The molecule has 6 heteroatoms. The molecular weight excluding hydrogens is 312 g/mol. The van der Waals surface area contributed by atoms with Gasteiger partial charge in [0.2, 0.25) is 15.0 Å². The molecule has 1 N–H and O–H groups in total. The minimum absolute atomic E-state index is 0.134. The molecule has 0 spiro atoms. The van der Waals surface area contributed by atoms with Crippen LogP contribution in [-0.2, 0) is 9.84 Å². The number of phenolic OH excluding ortho intramolecular Hbond substituents is 1. The van der Waals surface area contributed by atoms with E-state index in [2.05, 4.69) is 9.97 Å². The van der Waals surface area contributed by atoms with E-state index < -0.39 is 9.84 Å². The highest BCUT2D eigenvalue weighted by Crippen LogP contribution is 2.26. The van der Waals surface area contributed by atoms with Gasteiger partial charge in [-0.3, -0.25) is 0 Å². The predicted octanol–water partition coefficient (Wildman–Crippen LogP) is 2.92. The highest BCUT2D eigenvalue weighted by molar-refractivity contribution is 7.90. The van der Waals surface area contributed by atoms with E-state index in [1.807, 2.05) is 30.3 Å². The van der Waals surface area contributed by atoms with Crippen LogP contribution in [0.5, 0.6) is 5.75 Å². The monoisotopic (exact) mass is 326 g/mol. The van der Waals surface area contributed by atoms with Crippen molar-refractivity contribution in [3.05, 3.63) is 60.7 Å². The van der Waals surface area contributed by atoms with Crippen molar-refractivity contribution in [2.45, 2.75) is 5.16 Å². The number of aromatic hydroxyl groups is 1. The van der Waals surface area contributed by atoms with Gasteiger partial charge in [0.25, 0.3) is 0 Å². The Hall–Kier alpha value is -2.73. The summed E-state index contributed by atoms with van der Waals surface area (Å²) in [5, 5.41) is 9.17. The van der Waals surface area contributed by atoms with Gasteiger partial charge in [-0.2, -0.15) is 0 Å². The number of rotatable bonds is 3. The van der Waals surface area contributed by atoms with Gasteiger partial charge in [0.1, 0.15) is 5.75 Å². The summed E-state index contributed by atoms with van der Waals surface area (Å²) in [5.41, 5.74) is 2.52. The fourth-order valence-corrected chi connectivity index (χ4v) is 2.66. The lowest BCUT2D eigenvalue weighted by atomic mass is 10.1. The van der Waals surface area contributed by atoms with E-state index in [0.717, 1.165) is 11.8 Å². The molecule has 0 fully saturated rings. The first kappa shape index (κ1) is 15.2. The largest absolute Gasteiger partial charge is 0.508 e. The second-order valence-electron chi connectivity index (χ2n) is 5.11. The van der Waals surface area contributed by atoms with E-state index in [-0.39, 0.29) is 10.9 Å². The standard InChI is InChI=1S/C17H14N2O3S/c1-23(21,22)17-18-15(12-5-3-2-4-6-12)11-16(19-17)13-7-9-14(20)10-8-13/h2-11,20H,1H3. The molecule has 116 valence electrons. The van der Waals surface area contributed by atoms with Gasteiger partial charge in [-0.1, -0.05) is 30.3 Å². The van der Waals surface area contributed by atoms with Crippen molar-refractivity contribution in [2.75, 3.05) is 6.26 Å². The third kappa shape index (κ3) is 3.37. The summed E-state index contributed by atoms with van der Waals surface area (Å²) in [6, 6.07) is 17.5. The van der Waals surface area contributed by atoms with E-state index in [9.17, 15) is 13.5 Å². The number of nitrogens with zero attached hydrogens (tertiary/aromatic N) is 2. The maximum Gasteiger partial charge on any atom is 0.247 e. The Kier molecular flexibility index (Phi) is 3.83. The van der Waals surface area contributed by atoms with Crippen LogP contribution in [0.1, 0.15) is 0 Å². The third-order valence-corrected chi connectivity index (χ3v) is 4.12. The summed E-state index contributed by atoms with van der Waals surface area (Å²) in [6.07, 6.45) is 1.08. The van der Waals surface area contributed by atoms with Gasteiger partial charge in [0.15, 0.2) is 0 Å². The van der Waals surface area contributed by atoms with E-state index in [0.29, 0.717) is 17.0 Å². The van der Waals surface area contributed by atoms with Gasteiger partial charge in [-0.15, -0.1) is 0 Å². The number of benzene rings is 2. The molecule has 23 heavy (non-hydrogen) atoms. The summed E-state index contributed by atoms with van der Waals surface area (Å²) >= 11 is 0. The Morgan fingerprint density at radius 3 is 1.87 bits per heavy atom. The van der Waals surface area contributed by atoms with Gasteiger partial charge in [0.05, 0.1) is 11.4 Å². The van der Waals surface area contributed by atoms with Crippen molar-refractivity contribution in [3.8, 4) is 28.3 Å². The summed E-state index contributed by atoms with van der Waals surface area (Å²) in [7, 11) is -3.54. The van der Waals surface area contributed by atoms with Crippen molar-refractivity contribution in [3.63, 3.8) is 0 Å². The summed E-state index contributed by atoms with van der Waals surface area (Å²) in [4.78, 5) is 8.32. The smallest absolute Gasteiger partial charge is 0.247 e. The van der Waals surface area contributed by atoms with Gasteiger partial charge in [-0.05, 0) is 30.3 Å². The zero-order valence-corrected chi connectivity index (χ0v) is 13.2. The van der Waals surface area contributed by atoms with Crippen LogP contribution in [0, 0.1) is 0 Å². The van der Waals surface area contributed by atoms with Crippen LogP contribution in [-0.4, -0.2) is 29.7 Å². The summed E-state index contributed by atoms with van der Waals surface area (Å²) < 4.78 is 23.8. The molecule has 1 aromatic heterocycles. The predicted molar refractivity (Wildman–Crippen MR) is 87.7 cm³/mol. The molecule has 0 bridgehead atoms. The third-order valence-electron chi connectivity index (χ3n) is 3.27. The Labute approximate surface area is 134 Å². The number of sulfone groups is 1. The van der Waals surface area contributed by atoms with Crippen LogP contribution in [0.3, 0.4) is 0 Å². The molecule has 0 atom stereocenters. The second-order valence-corrected chi connectivity index (χ2v) is 7.02. The van der Waals surface area contributed by atoms with Gasteiger partial charge < -0.3 is 5.11 Å². The molecule has 0 aliphatic heterocycles. The Morgan fingerprint density at radius 2 is 1.35 bits per heavy atom. The van der Waals surface area contributed by atoms with Crippen molar-refractivity contribution >= 4 is 9.84 Å². The topological polar surface area (TPSA) is 80.2 Å². The van der Waals surface area contributed by atoms with Crippen molar-refractivity contribution < 1.29 is 13.5 Å². The Morgan fingerprint density at radius 1 is 0.826 bits per heavy atom.